The standard InChI is InChI=1S/C18H14ClN3O2/c19-13-6-4-12(5-7-13)17(23)21-10-8-15-14(11-21)18(24)22-9-2-1-3-16(22)20-15/h1-7,9H,8,10-11H2. The highest BCUT2D eigenvalue weighted by molar-refractivity contribution is 6.30. The van der Waals surface area contributed by atoms with Crippen LogP contribution in [0.5, 0.6) is 0 Å². The van der Waals surface area contributed by atoms with Crippen molar-refractivity contribution in [2.75, 3.05) is 6.54 Å². The Kier molecular flexibility index (Phi) is 3.58. The van der Waals surface area contributed by atoms with E-state index >= 15 is 0 Å². The van der Waals surface area contributed by atoms with Crippen LogP contribution in [-0.4, -0.2) is 26.7 Å². The van der Waals surface area contributed by atoms with E-state index in [1.165, 1.54) is 4.40 Å². The lowest BCUT2D eigenvalue weighted by Gasteiger charge is -2.28. The van der Waals surface area contributed by atoms with Gasteiger partial charge in [0, 0.05) is 29.7 Å². The first-order valence-corrected chi connectivity index (χ1v) is 8.05. The lowest BCUT2D eigenvalue weighted by molar-refractivity contribution is 0.0732. The quantitative estimate of drug-likeness (QED) is 0.684. The SMILES string of the molecule is O=C(c1ccc(Cl)cc1)N1CCc2nc3ccccn3c(=O)c2C1. The zero-order valence-corrected chi connectivity index (χ0v) is 13.5. The van der Waals surface area contributed by atoms with Crippen LogP contribution in [0.1, 0.15) is 21.6 Å². The van der Waals surface area contributed by atoms with Crippen molar-refractivity contribution >= 4 is 23.2 Å². The minimum Gasteiger partial charge on any atom is -0.334 e. The molecule has 0 atom stereocenters. The van der Waals surface area contributed by atoms with Crippen molar-refractivity contribution in [3.63, 3.8) is 0 Å². The molecular formula is C18H14ClN3O2. The van der Waals surface area contributed by atoms with E-state index < -0.39 is 0 Å². The Bertz CT molecular complexity index is 995. The van der Waals surface area contributed by atoms with Crippen molar-refractivity contribution in [3.05, 3.63) is 80.9 Å². The number of aromatic nitrogens is 2. The summed E-state index contributed by atoms with van der Waals surface area (Å²) in [5.74, 6) is -0.102. The first kappa shape index (κ1) is 14.9. The molecule has 1 aliphatic heterocycles. The van der Waals surface area contributed by atoms with E-state index in [1.807, 2.05) is 12.1 Å². The molecule has 0 N–H and O–H groups in total. The van der Waals surface area contributed by atoms with Gasteiger partial charge in [-0.3, -0.25) is 14.0 Å². The maximum Gasteiger partial charge on any atom is 0.263 e. The van der Waals surface area contributed by atoms with Crippen molar-refractivity contribution < 1.29 is 4.79 Å². The second-order valence-electron chi connectivity index (χ2n) is 5.75. The summed E-state index contributed by atoms with van der Waals surface area (Å²) in [5.41, 5.74) is 2.47. The Hall–Kier alpha value is -2.66. The number of carbonyl (C=O) groups is 1. The largest absolute Gasteiger partial charge is 0.334 e. The number of hydrogen-bond donors (Lipinski definition) is 0. The number of hydrogen-bond acceptors (Lipinski definition) is 3. The first-order valence-electron chi connectivity index (χ1n) is 7.67. The molecule has 4 rings (SSSR count). The summed E-state index contributed by atoms with van der Waals surface area (Å²) in [6.07, 6.45) is 2.28. The van der Waals surface area contributed by atoms with Crippen LogP contribution in [0.3, 0.4) is 0 Å². The minimum absolute atomic E-state index is 0.102. The van der Waals surface area contributed by atoms with Gasteiger partial charge < -0.3 is 4.90 Å². The molecule has 6 heteroatoms. The molecule has 3 aromatic rings. The molecule has 24 heavy (non-hydrogen) atoms. The van der Waals surface area contributed by atoms with E-state index in [-0.39, 0.29) is 18.0 Å². The van der Waals surface area contributed by atoms with E-state index in [1.54, 1.807) is 41.4 Å². The molecule has 0 saturated heterocycles. The average molecular weight is 340 g/mol. The second-order valence-corrected chi connectivity index (χ2v) is 6.19. The van der Waals surface area contributed by atoms with Gasteiger partial charge in [-0.05, 0) is 36.4 Å². The topological polar surface area (TPSA) is 54.7 Å². The Morgan fingerprint density at radius 2 is 1.92 bits per heavy atom. The summed E-state index contributed by atoms with van der Waals surface area (Å²) in [7, 11) is 0. The van der Waals surface area contributed by atoms with Crippen LogP contribution >= 0.6 is 11.6 Å². The maximum atomic E-state index is 12.7. The van der Waals surface area contributed by atoms with Gasteiger partial charge in [-0.1, -0.05) is 17.7 Å². The van der Waals surface area contributed by atoms with Crippen molar-refractivity contribution in [1.82, 2.24) is 14.3 Å². The lowest BCUT2D eigenvalue weighted by atomic mass is 10.1. The van der Waals surface area contributed by atoms with Crippen LogP contribution in [0.15, 0.2) is 53.5 Å². The highest BCUT2D eigenvalue weighted by Crippen LogP contribution is 2.18. The number of pyridine rings is 1. The van der Waals surface area contributed by atoms with Crippen molar-refractivity contribution in [3.8, 4) is 0 Å². The monoisotopic (exact) mass is 339 g/mol. The summed E-state index contributed by atoms with van der Waals surface area (Å²) in [4.78, 5) is 31.6. The third kappa shape index (κ3) is 2.47. The Morgan fingerprint density at radius 1 is 1.12 bits per heavy atom. The van der Waals surface area contributed by atoms with E-state index in [0.29, 0.717) is 34.8 Å². The molecule has 0 radical (unpaired) electrons. The highest BCUT2D eigenvalue weighted by Gasteiger charge is 2.25. The molecule has 2 aromatic heterocycles. The summed E-state index contributed by atoms with van der Waals surface area (Å²) in [6.45, 7) is 0.824. The van der Waals surface area contributed by atoms with Crippen LogP contribution in [0, 0.1) is 0 Å². The third-order valence-electron chi connectivity index (χ3n) is 4.26. The number of rotatable bonds is 1. The molecule has 0 bridgehead atoms. The van der Waals surface area contributed by atoms with E-state index in [4.69, 9.17) is 11.6 Å². The molecule has 0 spiro atoms. The zero-order valence-electron chi connectivity index (χ0n) is 12.8. The van der Waals surface area contributed by atoms with E-state index in [2.05, 4.69) is 4.98 Å². The molecule has 0 saturated carbocycles. The predicted octanol–water partition coefficient (Wildman–Crippen LogP) is 2.55. The van der Waals surface area contributed by atoms with Crippen molar-refractivity contribution in [2.24, 2.45) is 0 Å². The summed E-state index contributed by atoms with van der Waals surface area (Å²) >= 11 is 5.87. The van der Waals surface area contributed by atoms with Gasteiger partial charge in [0.15, 0.2) is 0 Å². The van der Waals surface area contributed by atoms with Gasteiger partial charge in [0.25, 0.3) is 11.5 Å². The van der Waals surface area contributed by atoms with Gasteiger partial charge in [0.05, 0.1) is 17.8 Å². The summed E-state index contributed by atoms with van der Waals surface area (Å²) in [6, 6.07) is 12.2. The number of fused-ring (bicyclic) bond motifs is 2. The maximum absolute atomic E-state index is 12.7. The molecule has 0 unspecified atom stereocenters. The minimum atomic E-state index is -0.107. The van der Waals surface area contributed by atoms with Gasteiger partial charge in [-0.15, -0.1) is 0 Å². The fourth-order valence-electron chi connectivity index (χ4n) is 3.00. The van der Waals surface area contributed by atoms with Crippen LogP contribution in [0.25, 0.3) is 5.65 Å². The number of amides is 1. The molecule has 0 aliphatic carbocycles. The van der Waals surface area contributed by atoms with Gasteiger partial charge >= 0.3 is 0 Å². The Labute approximate surface area is 143 Å². The van der Waals surface area contributed by atoms with Gasteiger partial charge in [-0.25, -0.2) is 4.98 Å². The zero-order chi connectivity index (χ0) is 16.7. The highest BCUT2D eigenvalue weighted by atomic mass is 35.5. The van der Waals surface area contributed by atoms with Gasteiger partial charge in [-0.2, -0.15) is 0 Å². The molecule has 0 fully saturated rings. The number of halogens is 1. The molecule has 120 valence electrons. The normalized spacial score (nSPS) is 13.8. The summed E-state index contributed by atoms with van der Waals surface area (Å²) < 4.78 is 1.52. The second kappa shape index (κ2) is 5.76. The van der Waals surface area contributed by atoms with Crippen LogP contribution in [0.4, 0.5) is 0 Å². The van der Waals surface area contributed by atoms with Crippen LogP contribution < -0.4 is 5.56 Å². The van der Waals surface area contributed by atoms with Crippen LogP contribution in [-0.2, 0) is 13.0 Å². The number of benzene rings is 1. The predicted molar refractivity (Wildman–Crippen MR) is 91.4 cm³/mol. The average Bonchev–Trinajstić information content (AvgIpc) is 2.62. The van der Waals surface area contributed by atoms with Gasteiger partial charge in [0.1, 0.15) is 5.65 Å². The molecule has 1 aromatic carbocycles. The number of nitrogens with zero attached hydrogens (tertiary/aromatic N) is 3. The smallest absolute Gasteiger partial charge is 0.263 e. The van der Waals surface area contributed by atoms with Crippen molar-refractivity contribution in [1.29, 1.82) is 0 Å². The lowest BCUT2D eigenvalue weighted by Crippen LogP contribution is -2.40. The fraction of sp³-hybridized carbons (Fsp3) is 0.167. The Balaban J connectivity index is 1.70. The first-order chi connectivity index (χ1) is 11.6. The molecule has 1 amide bonds. The molecular weight excluding hydrogens is 326 g/mol. The Morgan fingerprint density at radius 3 is 2.71 bits per heavy atom. The summed E-state index contributed by atoms with van der Waals surface area (Å²) in [5, 5.41) is 0.587. The van der Waals surface area contributed by atoms with E-state index in [9.17, 15) is 9.59 Å². The molecule has 5 nitrogen and oxygen atoms in total. The number of carbonyl (C=O) groups excluding carboxylic acids is 1. The van der Waals surface area contributed by atoms with Crippen LogP contribution in [0.2, 0.25) is 5.02 Å². The van der Waals surface area contributed by atoms with Crippen molar-refractivity contribution in [2.45, 2.75) is 13.0 Å². The fourth-order valence-corrected chi connectivity index (χ4v) is 3.12. The molecule has 1 aliphatic rings. The third-order valence-corrected chi connectivity index (χ3v) is 4.51. The van der Waals surface area contributed by atoms with E-state index in [0.717, 1.165) is 5.69 Å². The molecule has 3 heterocycles. The van der Waals surface area contributed by atoms with Gasteiger partial charge in [0.2, 0.25) is 0 Å².